The van der Waals surface area contributed by atoms with E-state index in [1.165, 1.54) is 96.7 Å². The molecule has 12 rings (SSSR count). The van der Waals surface area contributed by atoms with Crippen molar-refractivity contribution in [1.29, 1.82) is 0 Å². The zero-order valence-electron chi connectivity index (χ0n) is 29.2. The van der Waals surface area contributed by atoms with Crippen molar-refractivity contribution in [2.45, 2.75) is 0 Å². The van der Waals surface area contributed by atoms with Gasteiger partial charge in [0.25, 0.3) is 6.71 Å². The van der Waals surface area contributed by atoms with Crippen molar-refractivity contribution in [3.8, 4) is 28.3 Å². The lowest BCUT2D eigenvalue weighted by molar-refractivity contribution is 0.487. The van der Waals surface area contributed by atoms with Gasteiger partial charge in [-0.25, -0.2) is 0 Å². The van der Waals surface area contributed by atoms with Gasteiger partial charge in [0, 0.05) is 26.2 Å². The second kappa shape index (κ2) is 11.4. The molecule has 4 heteroatoms. The summed E-state index contributed by atoms with van der Waals surface area (Å²) in [5.41, 5.74) is 9.82. The molecule has 0 spiro atoms. The Hall–Kier alpha value is -6.62. The number of para-hydroxylation sites is 2. The van der Waals surface area contributed by atoms with Crippen molar-refractivity contribution < 1.29 is 4.74 Å². The molecule has 0 saturated heterocycles. The second-order valence-corrected chi connectivity index (χ2v) is 15.4. The molecule has 0 radical (unpaired) electrons. The van der Waals surface area contributed by atoms with Crippen LogP contribution in [0.1, 0.15) is 0 Å². The summed E-state index contributed by atoms with van der Waals surface area (Å²) in [4.78, 5) is 0. The number of hydrogen-bond donors (Lipinski definition) is 0. The number of fused-ring (bicyclic) bond motifs is 12. The van der Waals surface area contributed by atoms with E-state index in [2.05, 4.69) is 187 Å². The Labute approximate surface area is 316 Å². The SMILES string of the molecule is c1cc(B2c3ccccc3Oc3ccccc32)cc(-c2cccc3c2sc2c(-n4c5ccc6ccccc6c5c5c6ccccc6ccc54)cccc23)c1. The third-order valence-corrected chi connectivity index (χ3v) is 12.8. The van der Waals surface area contributed by atoms with E-state index < -0.39 is 0 Å². The highest BCUT2D eigenvalue weighted by Crippen LogP contribution is 2.46. The van der Waals surface area contributed by atoms with Gasteiger partial charge in [-0.05, 0) is 73.9 Å². The van der Waals surface area contributed by atoms with Crippen LogP contribution in [-0.4, -0.2) is 11.3 Å². The fraction of sp³-hybridized carbons (Fsp3) is 0. The molecule has 2 aromatic heterocycles. The first-order valence-corrected chi connectivity index (χ1v) is 19.4. The largest absolute Gasteiger partial charge is 0.458 e. The van der Waals surface area contributed by atoms with E-state index in [0.29, 0.717) is 0 Å². The number of ether oxygens (including phenoxy) is 1. The van der Waals surface area contributed by atoms with Crippen LogP contribution >= 0.6 is 11.3 Å². The van der Waals surface area contributed by atoms with Gasteiger partial charge >= 0.3 is 0 Å². The number of thiophene rings is 1. The molecule has 0 N–H and O–H groups in total. The summed E-state index contributed by atoms with van der Waals surface area (Å²) in [5, 5.41) is 10.3. The Morgan fingerprint density at radius 3 is 1.69 bits per heavy atom. The normalized spacial score (nSPS) is 12.6. The number of rotatable bonds is 3. The molecule has 9 aromatic carbocycles. The van der Waals surface area contributed by atoms with Crippen LogP contribution in [0.5, 0.6) is 11.5 Å². The fourth-order valence-corrected chi connectivity index (χ4v) is 10.5. The van der Waals surface area contributed by atoms with Crippen LogP contribution < -0.4 is 21.1 Å². The van der Waals surface area contributed by atoms with E-state index >= 15 is 0 Å². The van der Waals surface area contributed by atoms with Gasteiger partial charge < -0.3 is 9.30 Å². The molecule has 0 amide bonds. The maximum atomic E-state index is 6.37. The van der Waals surface area contributed by atoms with E-state index in [1.807, 2.05) is 11.3 Å². The van der Waals surface area contributed by atoms with E-state index in [4.69, 9.17) is 4.74 Å². The molecule has 1 aliphatic heterocycles. The van der Waals surface area contributed by atoms with E-state index in [1.54, 1.807) is 0 Å². The monoisotopic (exact) mass is 703 g/mol. The molecule has 0 unspecified atom stereocenters. The molecule has 1 aliphatic rings. The first-order chi connectivity index (χ1) is 26.8. The van der Waals surface area contributed by atoms with E-state index in [-0.39, 0.29) is 6.71 Å². The minimum Gasteiger partial charge on any atom is -0.458 e. The molecule has 3 heterocycles. The minimum absolute atomic E-state index is 0.0850. The highest BCUT2D eigenvalue weighted by molar-refractivity contribution is 7.26. The maximum Gasteiger partial charge on any atom is 0.250 e. The molecule has 0 fully saturated rings. The first-order valence-electron chi connectivity index (χ1n) is 18.5. The summed E-state index contributed by atoms with van der Waals surface area (Å²) in [6, 6.07) is 66.5. The average Bonchev–Trinajstić information content (AvgIpc) is 3.79. The Bertz CT molecular complexity index is 3200. The molecular formula is C50H30BNOS. The lowest BCUT2D eigenvalue weighted by Crippen LogP contribution is -2.54. The molecule has 0 bridgehead atoms. The predicted octanol–water partition coefficient (Wildman–Crippen LogP) is 11.7. The molecule has 0 saturated carbocycles. The third kappa shape index (κ3) is 4.23. The van der Waals surface area contributed by atoms with Crippen LogP contribution in [0.2, 0.25) is 0 Å². The summed E-state index contributed by atoms with van der Waals surface area (Å²) >= 11 is 1.91. The van der Waals surface area contributed by atoms with Gasteiger partial charge in [0.15, 0.2) is 0 Å². The lowest BCUT2D eigenvalue weighted by Gasteiger charge is -2.26. The number of benzene rings is 9. The Morgan fingerprint density at radius 2 is 1.00 bits per heavy atom. The highest BCUT2D eigenvalue weighted by Gasteiger charge is 2.32. The van der Waals surface area contributed by atoms with Gasteiger partial charge in [0.05, 0.1) is 21.4 Å². The number of aromatic nitrogens is 1. The van der Waals surface area contributed by atoms with Gasteiger partial charge in [0.2, 0.25) is 0 Å². The quantitative estimate of drug-likeness (QED) is 0.167. The van der Waals surface area contributed by atoms with Crippen molar-refractivity contribution in [2.24, 2.45) is 0 Å². The lowest BCUT2D eigenvalue weighted by atomic mass is 9.36. The zero-order chi connectivity index (χ0) is 35.3. The summed E-state index contributed by atoms with van der Waals surface area (Å²) in [6.07, 6.45) is 0. The Kier molecular flexibility index (Phi) is 6.34. The standard InChI is InChI=1S/C50H30BNOS/c1-3-16-35-31(12-1)26-28-42-47(35)48-36-17-4-2-13-32(36)27-29-43(48)52(42)44-23-11-20-39-38-19-10-18-37(49(38)54-50(39)44)33-14-9-15-34(30-33)51-40-21-5-7-24-45(40)53-46-25-8-6-22-41(46)51/h1-30H. The summed E-state index contributed by atoms with van der Waals surface area (Å²) in [5.74, 6) is 1.86. The molecule has 54 heavy (non-hydrogen) atoms. The number of nitrogens with zero attached hydrogens (tertiary/aromatic N) is 1. The van der Waals surface area contributed by atoms with Crippen molar-refractivity contribution in [2.75, 3.05) is 0 Å². The van der Waals surface area contributed by atoms with Gasteiger partial charge in [-0.2, -0.15) is 0 Å². The van der Waals surface area contributed by atoms with Crippen molar-refractivity contribution in [3.63, 3.8) is 0 Å². The molecule has 0 aliphatic carbocycles. The first kappa shape index (κ1) is 29.9. The van der Waals surface area contributed by atoms with Gasteiger partial charge in [-0.15, -0.1) is 11.3 Å². The summed E-state index contributed by atoms with van der Waals surface area (Å²) in [7, 11) is 0. The van der Waals surface area contributed by atoms with Crippen LogP contribution in [0.25, 0.3) is 80.3 Å². The molecular weight excluding hydrogens is 673 g/mol. The summed E-state index contributed by atoms with van der Waals surface area (Å²) in [6.45, 7) is 0.0850. The Morgan fingerprint density at radius 1 is 0.444 bits per heavy atom. The maximum absolute atomic E-state index is 6.37. The van der Waals surface area contributed by atoms with Crippen LogP contribution in [0.15, 0.2) is 182 Å². The van der Waals surface area contributed by atoms with Crippen molar-refractivity contribution in [1.82, 2.24) is 4.57 Å². The van der Waals surface area contributed by atoms with Crippen LogP contribution in [-0.2, 0) is 0 Å². The second-order valence-electron chi connectivity index (χ2n) is 14.4. The predicted molar refractivity (Wildman–Crippen MR) is 232 cm³/mol. The Balaban J connectivity index is 1.09. The van der Waals surface area contributed by atoms with Crippen LogP contribution in [0.3, 0.4) is 0 Å². The van der Waals surface area contributed by atoms with Crippen LogP contribution in [0.4, 0.5) is 0 Å². The van der Waals surface area contributed by atoms with Crippen molar-refractivity contribution >= 4 is 98.0 Å². The molecule has 11 aromatic rings. The minimum atomic E-state index is 0.0850. The van der Waals surface area contributed by atoms with Crippen molar-refractivity contribution in [3.05, 3.63) is 182 Å². The molecule has 0 atom stereocenters. The smallest absolute Gasteiger partial charge is 0.250 e. The highest BCUT2D eigenvalue weighted by atomic mass is 32.1. The third-order valence-electron chi connectivity index (χ3n) is 11.5. The van der Waals surface area contributed by atoms with E-state index in [9.17, 15) is 0 Å². The van der Waals surface area contributed by atoms with Gasteiger partial charge in [0.1, 0.15) is 11.5 Å². The topological polar surface area (TPSA) is 14.2 Å². The molecule has 250 valence electrons. The average molecular weight is 704 g/mol. The summed E-state index contributed by atoms with van der Waals surface area (Å²) < 4.78 is 11.5. The zero-order valence-corrected chi connectivity index (χ0v) is 30.0. The fourth-order valence-electron chi connectivity index (χ4n) is 9.17. The van der Waals surface area contributed by atoms with Gasteiger partial charge in [-0.1, -0.05) is 157 Å². The molecule has 2 nitrogen and oxygen atoms in total. The van der Waals surface area contributed by atoms with E-state index in [0.717, 1.165) is 11.5 Å². The number of hydrogen-bond acceptors (Lipinski definition) is 2. The van der Waals surface area contributed by atoms with Crippen LogP contribution in [0, 0.1) is 0 Å². The van der Waals surface area contributed by atoms with Gasteiger partial charge in [-0.3, -0.25) is 0 Å².